The lowest BCUT2D eigenvalue weighted by molar-refractivity contribution is -0.131. The van der Waals surface area contributed by atoms with Gasteiger partial charge in [-0.1, -0.05) is 0 Å². The minimum Gasteiger partial charge on any atom is -0.493 e. The number of methoxy groups -OCH3 is 3. The molecule has 0 atom stereocenters. The van der Waals surface area contributed by atoms with Gasteiger partial charge >= 0.3 is 0 Å². The molecule has 0 spiro atoms. The van der Waals surface area contributed by atoms with Crippen molar-refractivity contribution in [1.82, 2.24) is 10.2 Å². The molecule has 1 fully saturated rings. The molecule has 1 amide bonds. The minimum absolute atomic E-state index is 0.116. The first-order chi connectivity index (χ1) is 10.2. The van der Waals surface area contributed by atoms with Gasteiger partial charge < -0.3 is 24.4 Å². The summed E-state index contributed by atoms with van der Waals surface area (Å²) in [6.07, 6.45) is 0.330. The highest BCUT2D eigenvalue weighted by molar-refractivity contribution is 5.79. The number of hydrogen-bond acceptors (Lipinski definition) is 5. The maximum absolute atomic E-state index is 12.3. The van der Waals surface area contributed by atoms with Crippen LogP contribution in [0.25, 0.3) is 0 Å². The summed E-state index contributed by atoms with van der Waals surface area (Å²) in [5.41, 5.74) is 0.855. The molecule has 1 aliphatic rings. The first-order valence-electron chi connectivity index (χ1n) is 6.97. The lowest BCUT2D eigenvalue weighted by atomic mass is 10.1. The second kappa shape index (κ2) is 7.17. The van der Waals surface area contributed by atoms with E-state index in [0.717, 1.165) is 31.7 Å². The predicted octanol–water partition coefficient (Wildman–Crippen LogP) is 0.687. The monoisotopic (exact) mass is 294 g/mol. The Kier molecular flexibility index (Phi) is 5.27. The van der Waals surface area contributed by atoms with Gasteiger partial charge in [0.2, 0.25) is 11.7 Å². The molecule has 6 nitrogen and oxygen atoms in total. The number of benzene rings is 1. The molecule has 0 unspecified atom stereocenters. The Bertz CT molecular complexity index is 473. The Labute approximate surface area is 125 Å². The molecule has 1 N–H and O–H groups in total. The third kappa shape index (κ3) is 3.58. The number of ether oxygens (including phenoxy) is 3. The van der Waals surface area contributed by atoms with Crippen molar-refractivity contribution in [2.24, 2.45) is 0 Å². The molecule has 21 heavy (non-hydrogen) atoms. The van der Waals surface area contributed by atoms with E-state index in [9.17, 15) is 4.79 Å². The molecule has 0 bridgehead atoms. The van der Waals surface area contributed by atoms with Crippen LogP contribution in [0.5, 0.6) is 17.2 Å². The van der Waals surface area contributed by atoms with Gasteiger partial charge in [0.15, 0.2) is 11.5 Å². The first-order valence-corrected chi connectivity index (χ1v) is 6.97. The normalized spacial score (nSPS) is 14.7. The minimum atomic E-state index is 0.116. The quantitative estimate of drug-likeness (QED) is 0.865. The number of nitrogens with one attached hydrogen (secondary N) is 1. The second-order valence-electron chi connectivity index (χ2n) is 4.84. The van der Waals surface area contributed by atoms with Gasteiger partial charge in [0.05, 0.1) is 27.8 Å². The third-order valence-electron chi connectivity index (χ3n) is 3.55. The molecule has 116 valence electrons. The van der Waals surface area contributed by atoms with Crippen LogP contribution in [0, 0.1) is 0 Å². The van der Waals surface area contributed by atoms with Gasteiger partial charge in [-0.25, -0.2) is 0 Å². The number of piperazine rings is 1. The van der Waals surface area contributed by atoms with Crippen molar-refractivity contribution >= 4 is 5.91 Å². The molecule has 1 saturated heterocycles. The predicted molar refractivity (Wildman–Crippen MR) is 79.3 cm³/mol. The molecule has 1 heterocycles. The van der Waals surface area contributed by atoms with E-state index in [1.807, 2.05) is 17.0 Å². The van der Waals surface area contributed by atoms with Gasteiger partial charge in [-0.2, -0.15) is 0 Å². The van der Waals surface area contributed by atoms with Gasteiger partial charge in [-0.05, 0) is 17.7 Å². The van der Waals surface area contributed by atoms with Gasteiger partial charge in [0.25, 0.3) is 0 Å². The zero-order valence-corrected chi connectivity index (χ0v) is 12.8. The summed E-state index contributed by atoms with van der Waals surface area (Å²) in [7, 11) is 4.70. The van der Waals surface area contributed by atoms with E-state index >= 15 is 0 Å². The number of carbonyl (C=O) groups excluding carboxylic acids is 1. The van der Waals surface area contributed by atoms with Crippen LogP contribution in [0.3, 0.4) is 0 Å². The molecule has 6 heteroatoms. The van der Waals surface area contributed by atoms with Gasteiger partial charge in [0.1, 0.15) is 0 Å². The number of carbonyl (C=O) groups is 1. The maximum Gasteiger partial charge on any atom is 0.227 e. The molecule has 0 radical (unpaired) electrons. The van der Waals surface area contributed by atoms with E-state index in [2.05, 4.69) is 5.32 Å². The Morgan fingerprint density at radius 3 is 2.14 bits per heavy atom. The summed E-state index contributed by atoms with van der Waals surface area (Å²) in [6, 6.07) is 3.64. The van der Waals surface area contributed by atoms with Crippen LogP contribution in [-0.2, 0) is 11.2 Å². The Balaban J connectivity index is 2.17. The van der Waals surface area contributed by atoms with Crippen molar-refractivity contribution in [3.63, 3.8) is 0 Å². The van der Waals surface area contributed by atoms with Gasteiger partial charge in [0, 0.05) is 26.2 Å². The summed E-state index contributed by atoms with van der Waals surface area (Å²) < 4.78 is 15.9. The highest BCUT2D eigenvalue weighted by atomic mass is 16.5. The number of amides is 1. The lowest BCUT2D eigenvalue weighted by Gasteiger charge is -2.27. The Morgan fingerprint density at radius 1 is 1.10 bits per heavy atom. The van der Waals surface area contributed by atoms with E-state index in [4.69, 9.17) is 14.2 Å². The van der Waals surface area contributed by atoms with E-state index in [-0.39, 0.29) is 5.91 Å². The number of hydrogen-bond donors (Lipinski definition) is 1. The molecule has 0 saturated carbocycles. The number of rotatable bonds is 5. The van der Waals surface area contributed by atoms with Crippen LogP contribution in [0.2, 0.25) is 0 Å². The van der Waals surface area contributed by atoms with E-state index in [1.165, 1.54) is 0 Å². The summed E-state index contributed by atoms with van der Waals surface area (Å²) in [5, 5.41) is 3.23. The Morgan fingerprint density at radius 2 is 1.67 bits per heavy atom. The van der Waals surface area contributed by atoms with Crippen LogP contribution in [0.15, 0.2) is 12.1 Å². The van der Waals surface area contributed by atoms with Crippen molar-refractivity contribution in [2.45, 2.75) is 6.42 Å². The topological polar surface area (TPSA) is 60.0 Å². The second-order valence-corrected chi connectivity index (χ2v) is 4.84. The summed E-state index contributed by atoms with van der Waals surface area (Å²) >= 11 is 0. The maximum atomic E-state index is 12.3. The van der Waals surface area contributed by atoms with Crippen molar-refractivity contribution in [3.8, 4) is 17.2 Å². The first kappa shape index (κ1) is 15.4. The van der Waals surface area contributed by atoms with Crippen molar-refractivity contribution < 1.29 is 19.0 Å². The van der Waals surface area contributed by atoms with E-state index < -0.39 is 0 Å². The Hall–Kier alpha value is -1.95. The third-order valence-corrected chi connectivity index (χ3v) is 3.55. The molecular weight excluding hydrogens is 272 g/mol. The van der Waals surface area contributed by atoms with Crippen LogP contribution >= 0.6 is 0 Å². The lowest BCUT2D eigenvalue weighted by Crippen LogP contribution is -2.46. The average Bonchev–Trinajstić information content (AvgIpc) is 2.54. The van der Waals surface area contributed by atoms with E-state index in [1.54, 1.807) is 21.3 Å². The fourth-order valence-electron chi connectivity index (χ4n) is 2.44. The molecule has 0 aromatic heterocycles. The highest BCUT2D eigenvalue weighted by Gasteiger charge is 2.19. The fraction of sp³-hybridized carbons (Fsp3) is 0.533. The molecule has 2 rings (SSSR count). The van der Waals surface area contributed by atoms with Crippen LogP contribution < -0.4 is 19.5 Å². The van der Waals surface area contributed by atoms with Crippen molar-refractivity contribution in [3.05, 3.63) is 17.7 Å². The number of nitrogens with zero attached hydrogens (tertiary/aromatic N) is 1. The van der Waals surface area contributed by atoms with E-state index in [0.29, 0.717) is 23.7 Å². The fourth-order valence-corrected chi connectivity index (χ4v) is 2.44. The average molecular weight is 294 g/mol. The largest absolute Gasteiger partial charge is 0.493 e. The van der Waals surface area contributed by atoms with Gasteiger partial charge in [-0.3, -0.25) is 4.79 Å². The molecule has 0 aliphatic carbocycles. The van der Waals surface area contributed by atoms with Crippen LogP contribution in [-0.4, -0.2) is 58.3 Å². The van der Waals surface area contributed by atoms with Crippen molar-refractivity contribution in [1.29, 1.82) is 0 Å². The summed E-state index contributed by atoms with van der Waals surface area (Å²) in [5.74, 6) is 1.80. The summed E-state index contributed by atoms with van der Waals surface area (Å²) in [4.78, 5) is 14.2. The SMILES string of the molecule is COc1cc(CC(=O)N2CCNCC2)cc(OC)c1OC. The molecule has 1 aliphatic heterocycles. The molecular formula is C15H22N2O4. The molecule has 1 aromatic rings. The molecule has 1 aromatic carbocycles. The zero-order chi connectivity index (χ0) is 15.2. The smallest absolute Gasteiger partial charge is 0.227 e. The van der Waals surface area contributed by atoms with Crippen molar-refractivity contribution in [2.75, 3.05) is 47.5 Å². The van der Waals surface area contributed by atoms with Crippen LogP contribution in [0.1, 0.15) is 5.56 Å². The van der Waals surface area contributed by atoms with Crippen LogP contribution in [0.4, 0.5) is 0 Å². The standard InChI is InChI=1S/C15H22N2O4/c1-19-12-8-11(9-13(20-2)15(12)21-3)10-14(18)17-6-4-16-5-7-17/h8-9,16H,4-7,10H2,1-3H3. The zero-order valence-electron chi connectivity index (χ0n) is 12.8. The highest BCUT2D eigenvalue weighted by Crippen LogP contribution is 2.38. The van der Waals surface area contributed by atoms with Gasteiger partial charge in [-0.15, -0.1) is 0 Å². The summed E-state index contributed by atoms with van der Waals surface area (Å²) in [6.45, 7) is 3.20.